The number of hydrogen-bond donors (Lipinski definition) is 1. The van der Waals surface area contributed by atoms with E-state index in [1.165, 1.54) is 19.3 Å². The first kappa shape index (κ1) is 13.9. The van der Waals surface area contributed by atoms with Gasteiger partial charge in [0.1, 0.15) is 0 Å². The molecule has 1 N–H and O–H groups in total. The molecule has 2 amide bonds. The highest BCUT2D eigenvalue weighted by Gasteiger charge is 2.50. The Bertz CT molecular complexity index is 384. The van der Waals surface area contributed by atoms with Crippen molar-refractivity contribution in [3.8, 4) is 0 Å². The zero-order valence-electron chi connectivity index (χ0n) is 12.4. The van der Waals surface area contributed by atoms with Gasteiger partial charge in [-0.3, -0.25) is 9.59 Å². The van der Waals surface area contributed by atoms with Gasteiger partial charge in [0.05, 0.1) is 0 Å². The first-order valence-electron chi connectivity index (χ1n) is 8.18. The molecule has 2 saturated carbocycles. The van der Waals surface area contributed by atoms with Gasteiger partial charge in [0.15, 0.2) is 0 Å². The molecule has 1 heterocycles. The van der Waals surface area contributed by atoms with Crippen LogP contribution in [0.2, 0.25) is 0 Å². The van der Waals surface area contributed by atoms with E-state index in [0.29, 0.717) is 23.7 Å². The van der Waals surface area contributed by atoms with E-state index in [1.807, 2.05) is 0 Å². The van der Waals surface area contributed by atoms with Crippen LogP contribution >= 0.6 is 0 Å². The van der Waals surface area contributed by atoms with Crippen molar-refractivity contribution in [3.05, 3.63) is 0 Å². The van der Waals surface area contributed by atoms with Crippen LogP contribution < -0.4 is 5.32 Å². The van der Waals surface area contributed by atoms with Gasteiger partial charge in [-0.05, 0) is 37.0 Å². The number of nitrogens with one attached hydrogen (secondary N) is 1. The fraction of sp³-hybridized carbons (Fsp3) is 0.875. The Balaban J connectivity index is 1.39. The Morgan fingerprint density at radius 1 is 1.15 bits per heavy atom. The van der Waals surface area contributed by atoms with Gasteiger partial charge >= 0.3 is 0 Å². The van der Waals surface area contributed by atoms with E-state index >= 15 is 0 Å². The second-order valence-corrected chi connectivity index (χ2v) is 6.90. The summed E-state index contributed by atoms with van der Waals surface area (Å²) in [5, 5.41) is 2.89. The minimum Gasteiger partial charge on any atom is -0.356 e. The van der Waals surface area contributed by atoms with E-state index in [1.54, 1.807) is 6.92 Å². The Labute approximate surface area is 121 Å². The number of likely N-dealkylation sites (tertiary alicyclic amines) is 1. The molecule has 20 heavy (non-hydrogen) atoms. The molecule has 3 aliphatic rings. The normalized spacial score (nSPS) is 30.8. The zero-order chi connectivity index (χ0) is 14.1. The van der Waals surface area contributed by atoms with Gasteiger partial charge < -0.3 is 10.2 Å². The summed E-state index contributed by atoms with van der Waals surface area (Å²) >= 11 is 0. The molecule has 2 aliphatic carbocycles. The summed E-state index contributed by atoms with van der Waals surface area (Å²) in [6.07, 6.45) is 7.30. The standard InChI is InChI=1S/C16H26N2O2/c1-11(19)17-10-12-5-7-18(8-6-12)16(20)15-9-14(15)13-3-2-4-13/h12-15H,2-10H2,1H3,(H,17,19)/t14-,15-/m1/s1. The third-order valence-electron chi connectivity index (χ3n) is 5.48. The number of carbonyl (C=O) groups is 2. The van der Waals surface area contributed by atoms with Crippen molar-refractivity contribution in [2.45, 2.75) is 45.4 Å². The summed E-state index contributed by atoms with van der Waals surface area (Å²) in [6.45, 7) is 4.10. The van der Waals surface area contributed by atoms with Crippen LogP contribution in [0, 0.1) is 23.7 Å². The summed E-state index contributed by atoms with van der Waals surface area (Å²) in [7, 11) is 0. The topological polar surface area (TPSA) is 49.4 Å². The summed E-state index contributed by atoms with van der Waals surface area (Å²) in [6, 6.07) is 0. The molecule has 1 aliphatic heterocycles. The maximum atomic E-state index is 12.4. The Morgan fingerprint density at radius 2 is 1.85 bits per heavy atom. The Kier molecular flexibility index (Phi) is 3.99. The SMILES string of the molecule is CC(=O)NCC1CCN(C(=O)[C@@H]2C[C@@H]2C2CCC2)CC1. The number of carbonyl (C=O) groups excluding carboxylic acids is 2. The Hall–Kier alpha value is -1.06. The van der Waals surface area contributed by atoms with E-state index in [0.717, 1.165) is 44.8 Å². The van der Waals surface area contributed by atoms with Gasteiger partial charge in [0.25, 0.3) is 0 Å². The number of hydrogen-bond acceptors (Lipinski definition) is 2. The van der Waals surface area contributed by atoms with Gasteiger partial charge in [-0.25, -0.2) is 0 Å². The highest BCUT2D eigenvalue weighted by atomic mass is 16.2. The Morgan fingerprint density at radius 3 is 2.40 bits per heavy atom. The van der Waals surface area contributed by atoms with Crippen LogP contribution in [-0.4, -0.2) is 36.3 Å². The predicted octanol–water partition coefficient (Wildman–Crippen LogP) is 1.80. The molecule has 3 rings (SSSR count). The van der Waals surface area contributed by atoms with E-state index in [9.17, 15) is 9.59 Å². The van der Waals surface area contributed by atoms with Crippen molar-refractivity contribution in [3.63, 3.8) is 0 Å². The molecule has 112 valence electrons. The van der Waals surface area contributed by atoms with E-state index in [2.05, 4.69) is 10.2 Å². The summed E-state index contributed by atoms with van der Waals surface area (Å²) in [5.74, 6) is 2.94. The van der Waals surface area contributed by atoms with Gasteiger partial charge in [-0.15, -0.1) is 0 Å². The fourth-order valence-electron chi connectivity index (χ4n) is 3.77. The molecule has 0 aromatic rings. The van der Waals surface area contributed by atoms with Crippen molar-refractivity contribution >= 4 is 11.8 Å². The largest absolute Gasteiger partial charge is 0.356 e. The van der Waals surface area contributed by atoms with Crippen molar-refractivity contribution in [2.24, 2.45) is 23.7 Å². The number of piperidine rings is 1. The van der Waals surface area contributed by atoms with Crippen LogP contribution in [0.25, 0.3) is 0 Å². The predicted molar refractivity (Wildman–Crippen MR) is 76.9 cm³/mol. The van der Waals surface area contributed by atoms with Gasteiger partial charge in [-0.2, -0.15) is 0 Å². The first-order chi connectivity index (χ1) is 9.65. The highest BCUT2D eigenvalue weighted by molar-refractivity contribution is 5.81. The van der Waals surface area contributed by atoms with Crippen LogP contribution in [0.5, 0.6) is 0 Å². The maximum Gasteiger partial charge on any atom is 0.225 e. The van der Waals surface area contributed by atoms with E-state index in [-0.39, 0.29) is 5.91 Å². The number of nitrogens with zero attached hydrogens (tertiary/aromatic N) is 1. The van der Waals surface area contributed by atoms with Crippen LogP contribution in [0.3, 0.4) is 0 Å². The molecule has 4 nitrogen and oxygen atoms in total. The van der Waals surface area contributed by atoms with Crippen molar-refractivity contribution in [1.29, 1.82) is 0 Å². The lowest BCUT2D eigenvalue weighted by Crippen LogP contribution is -2.42. The molecule has 2 atom stereocenters. The molecule has 0 bridgehead atoms. The quantitative estimate of drug-likeness (QED) is 0.852. The van der Waals surface area contributed by atoms with Crippen molar-refractivity contribution in [1.82, 2.24) is 10.2 Å². The molecule has 0 aromatic heterocycles. The number of amides is 2. The minimum atomic E-state index is 0.0461. The van der Waals surface area contributed by atoms with Crippen LogP contribution in [-0.2, 0) is 9.59 Å². The molecule has 0 radical (unpaired) electrons. The average Bonchev–Trinajstić information content (AvgIpc) is 3.14. The van der Waals surface area contributed by atoms with E-state index in [4.69, 9.17) is 0 Å². The average molecular weight is 278 g/mol. The third-order valence-corrected chi connectivity index (χ3v) is 5.48. The van der Waals surface area contributed by atoms with Gasteiger partial charge in [0.2, 0.25) is 11.8 Å². The molecule has 0 spiro atoms. The van der Waals surface area contributed by atoms with Crippen molar-refractivity contribution in [2.75, 3.05) is 19.6 Å². The minimum absolute atomic E-state index is 0.0461. The van der Waals surface area contributed by atoms with Gasteiger partial charge in [-0.1, -0.05) is 19.3 Å². The second kappa shape index (κ2) is 5.74. The fourth-order valence-corrected chi connectivity index (χ4v) is 3.77. The van der Waals surface area contributed by atoms with Crippen LogP contribution in [0.1, 0.15) is 45.4 Å². The summed E-state index contributed by atoms with van der Waals surface area (Å²) < 4.78 is 0. The molecule has 0 unspecified atom stereocenters. The molecule has 4 heteroatoms. The highest BCUT2D eigenvalue weighted by Crippen LogP contribution is 2.52. The lowest BCUT2D eigenvalue weighted by atomic mass is 9.81. The van der Waals surface area contributed by atoms with Crippen LogP contribution in [0.15, 0.2) is 0 Å². The lowest BCUT2D eigenvalue weighted by molar-refractivity contribution is -0.134. The molecule has 1 saturated heterocycles. The summed E-state index contributed by atoms with van der Waals surface area (Å²) in [5.41, 5.74) is 0. The zero-order valence-corrected chi connectivity index (χ0v) is 12.4. The molecular formula is C16H26N2O2. The lowest BCUT2D eigenvalue weighted by Gasteiger charge is -2.33. The summed E-state index contributed by atoms with van der Waals surface area (Å²) in [4.78, 5) is 25.4. The molecule has 0 aromatic carbocycles. The number of rotatable bonds is 4. The third kappa shape index (κ3) is 2.99. The molecular weight excluding hydrogens is 252 g/mol. The first-order valence-corrected chi connectivity index (χ1v) is 8.18. The smallest absolute Gasteiger partial charge is 0.225 e. The van der Waals surface area contributed by atoms with Crippen LogP contribution in [0.4, 0.5) is 0 Å². The maximum absolute atomic E-state index is 12.4. The second-order valence-electron chi connectivity index (χ2n) is 6.90. The molecule has 3 fully saturated rings. The van der Waals surface area contributed by atoms with Crippen molar-refractivity contribution < 1.29 is 9.59 Å². The van der Waals surface area contributed by atoms with Gasteiger partial charge in [0, 0.05) is 32.5 Å². The van der Waals surface area contributed by atoms with E-state index < -0.39 is 0 Å². The monoisotopic (exact) mass is 278 g/mol.